The first kappa shape index (κ1) is 14.7. The van der Waals surface area contributed by atoms with Gasteiger partial charge in [-0.3, -0.25) is 4.79 Å². The number of rotatable bonds is 8. The molecule has 18 heavy (non-hydrogen) atoms. The number of imidazole rings is 1. The summed E-state index contributed by atoms with van der Waals surface area (Å²) >= 11 is 0. The van der Waals surface area contributed by atoms with Gasteiger partial charge in [-0.2, -0.15) is 0 Å². The van der Waals surface area contributed by atoms with Crippen molar-refractivity contribution in [1.29, 1.82) is 0 Å². The molecule has 0 saturated heterocycles. The third kappa shape index (κ3) is 5.78. The van der Waals surface area contributed by atoms with Crippen molar-refractivity contribution in [3.63, 3.8) is 0 Å². The van der Waals surface area contributed by atoms with Crippen LogP contribution in [0.3, 0.4) is 0 Å². The quantitative estimate of drug-likeness (QED) is 0.661. The van der Waals surface area contributed by atoms with Gasteiger partial charge in [-0.1, -0.05) is 0 Å². The second-order valence-electron chi connectivity index (χ2n) is 3.69. The number of ether oxygens (including phenoxy) is 1. The maximum Gasteiger partial charge on any atom is 0.305 e. The Morgan fingerprint density at radius 2 is 2.28 bits per heavy atom. The van der Waals surface area contributed by atoms with E-state index in [-0.39, 0.29) is 18.6 Å². The van der Waals surface area contributed by atoms with Gasteiger partial charge in [0.05, 0.1) is 19.2 Å². The molecular weight excluding hydrogens is 258 g/mol. The number of hydrogen-bond donors (Lipinski definition) is 1. The van der Waals surface area contributed by atoms with Crippen molar-refractivity contribution < 1.29 is 17.9 Å². The number of nitrogens with zero attached hydrogens (tertiary/aromatic N) is 2. The molecule has 1 heterocycles. The molecule has 7 nitrogen and oxygen atoms in total. The first-order chi connectivity index (χ1) is 8.53. The maximum absolute atomic E-state index is 11.5. The number of carbonyl (C=O) groups excluding carboxylic acids is 1. The van der Waals surface area contributed by atoms with Crippen LogP contribution in [0.1, 0.15) is 12.8 Å². The van der Waals surface area contributed by atoms with Gasteiger partial charge < -0.3 is 9.30 Å². The summed E-state index contributed by atoms with van der Waals surface area (Å²) in [5, 5.41) is 0. The molecule has 0 spiro atoms. The predicted octanol–water partition coefficient (Wildman–Crippen LogP) is -0.244. The minimum Gasteiger partial charge on any atom is -0.469 e. The van der Waals surface area contributed by atoms with E-state index in [0.717, 1.165) is 0 Å². The molecule has 0 radical (unpaired) electrons. The van der Waals surface area contributed by atoms with Crippen LogP contribution in [0.25, 0.3) is 0 Å². The van der Waals surface area contributed by atoms with Gasteiger partial charge in [0.1, 0.15) is 0 Å². The van der Waals surface area contributed by atoms with Crippen LogP contribution in [0.4, 0.5) is 0 Å². The van der Waals surface area contributed by atoms with Crippen LogP contribution in [0.5, 0.6) is 0 Å². The van der Waals surface area contributed by atoms with E-state index < -0.39 is 16.0 Å². The molecule has 0 saturated carbocycles. The van der Waals surface area contributed by atoms with Crippen molar-refractivity contribution in [1.82, 2.24) is 14.3 Å². The average Bonchev–Trinajstić information content (AvgIpc) is 2.81. The zero-order chi connectivity index (χ0) is 13.4. The monoisotopic (exact) mass is 275 g/mol. The van der Waals surface area contributed by atoms with Crippen molar-refractivity contribution in [2.45, 2.75) is 19.4 Å². The molecule has 0 aliphatic carbocycles. The normalized spacial score (nSPS) is 11.4. The van der Waals surface area contributed by atoms with E-state index in [1.54, 1.807) is 23.3 Å². The first-order valence-corrected chi connectivity index (χ1v) is 7.18. The van der Waals surface area contributed by atoms with Crippen molar-refractivity contribution in [3.8, 4) is 0 Å². The molecule has 0 unspecified atom stereocenters. The topological polar surface area (TPSA) is 90.3 Å². The summed E-state index contributed by atoms with van der Waals surface area (Å²) in [7, 11) is -2.05. The van der Waals surface area contributed by atoms with E-state index in [9.17, 15) is 13.2 Å². The van der Waals surface area contributed by atoms with Crippen LogP contribution >= 0.6 is 0 Å². The van der Waals surface area contributed by atoms with Gasteiger partial charge in [-0.15, -0.1) is 0 Å². The van der Waals surface area contributed by atoms with E-state index >= 15 is 0 Å². The molecule has 0 amide bonds. The first-order valence-electron chi connectivity index (χ1n) is 5.53. The number of hydrogen-bond acceptors (Lipinski definition) is 5. The molecule has 0 fully saturated rings. The van der Waals surface area contributed by atoms with Crippen molar-refractivity contribution in [3.05, 3.63) is 18.7 Å². The fourth-order valence-corrected chi connectivity index (χ4v) is 2.40. The molecule has 0 aliphatic rings. The summed E-state index contributed by atoms with van der Waals surface area (Å²) in [4.78, 5) is 14.7. The van der Waals surface area contributed by atoms with Gasteiger partial charge >= 0.3 is 5.97 Å². The number of esters is 1. The van der Waals surface area contributed by atoms with Crippen molar-refractivity contribution >= 4 is 16.0 Å². The Morgan fingerprint density at radius 3 is 2.89 bits per heavy atom. The second kappa shape index (κ2) is 7.12. The van der Waals surface area contributed by atoms with E-state index in [1.807, 2.05) is 0 Å². The summed E-state index contributed by atoms with van der Waals surface area (Å²) in [5.41, 5.74) is 0. The summed E-state index contributed by atoms with van der Waals surface area (Å²) in [5.74, 6) is -0.477. The van der Waals surface area contributed by atoms with Crippen LogP contribution in [-0.4, -0.2) is 43.3 Å². The lowest BCUT2D eigenvalue weighted by molar-refractivity contribution is -0.140. The highest BCUT2D eigenvalue weighted by Gasteiger charge is 2.10. The zero-order valence-corrected chi connectivity index (χ0v) is 11.0. The Morgan fingerprint density at radius 1 is 1.50 bits per heavy atom. The molecule has 1 aromatic rings. The van der Waals surface area contributed by atoms with Crippen molar-refractivity contribution in [2.24, 2.45) is 0 Å². The Balaban J connectivity index is 2.21. The van der Waals surface area contributed by atoms with Crippen molar-refractivity contribution in [2.75, 3.05) is 19.4 Å². The van der Waals surface area contributed by atoms with Gasteiger partial charge in [-0.05, 0) is 6.42 Å². The van der Waals surface area contributed by atoms with Gasteiger partial charge in [0, 0.05) is 31.9 Å². The van der Waals surface area contributed by atoms with E-state index in [2.05, 4.69) is 14.4 Å². The third-order valence-corrected chi connectivity index (χ3v) is 3.74. The van der Waals surface area contributed by atoms with Gasteiger partial charge in [0.2, 0.25) is 10.0 Å². The highest BCUT2D eigenvalue weighted by molar-refractivity contribution is 7.89. The molecule has 102 valence electrons. The van der Waals surface area contributed by atoms with E-state index in [0.29, 0.717) is 13.1 Å². The lowest BCUT2D eigenvalue weighted by atomic mass is 10.3. The molecule has 1 aromatic heterocycles. The average molecular weight is 275 g/mol. The number of sulfonamides is 1. The number of methoxy groups -OCH3 is 1. The van der Waals surface area contributed by atoms with E-state index in [1.165, 1.54) is 7.11 Å². The summed E-state index contributed by atoms with van der Waals surface area (Å²) in [6.07, 6.45) is 5.37. The highest BCUT2D eigenvalue weighted by atomic mass is 32.2. The molecule has 0 bridgehead atoms. The molecule has 0 atom stereocenters. The largest absolute Gasteiger partial charge is 0.469 e. The number of carbonyl (C=O) groups is 1. The van der Waals surface area contributed by atoms with E-state index in [4.69, 9.17) is 0 Å². The Kier molecular flexibility index (Phi) is 5.79. The predicted molar refractivity (Wildman–Crippen MR) is 65.3 cm³/mol. The molecule has 1 rings (SSSR count). The fourth-order valence-electron chi connectivity index (χ4n) is 1.33. The molecule has 0 aromatic carbocycles. The highest BCUT2D eigenvalue weighted by Crippen LogP contribution is 1.96. The number of aromatic nitrogens is 2. The summed E-state index contributed by atoms with van der Waals surface area (Å²) in [6, 6.07) is 0. The third-order valence-electron chi connectivity index (χ3n) is 2.27. The van der Waals surface area contributed by atoms with Gasteiger partial charge in [0.15, 0.2) is 0 Å². The number of nitrogens with one attached hydrogen (secondary N) is 1. The lowest BCUT2D eigenvalue weighted by Gasteiger charge is -2.06. The molecule has 0 aliphatic heterocycles. The van der Waals surface area contributed by atoms with Crippen LogP contribution in [-0.2, 0) is 26.1 Å². The lowest BCUT2D eigenvalue weighted by Crippen LogP contribution is -2.29. The molecule has 8 heteroatoms. The Bertz CT molecular complexity index is 455. The zero-order valence-electron chi connectivity index (χ0n) is 10.2. The molecule has 1 N–H and O–H groups in total. The fraction of sp³-hybridized carbons (Fsp3) is 0.600. The Hall–Kier alpha value is -1.41. The standard InChI is InChI=1S/C10H17N3O4S/c1-17-10(14)3-2-8-18(15,16)12-5-7-13-6-4-11-9-13/h4,6,9,12H,2-3,5,7-8H2,1H3. The van der Waals surface area contributed by atoms with Crippen LogP contribution in [0.15, 0.2) is 18.7 Å². The minimum absolute atomic E-state index is 0.0774. The van der Waals surface area contributed by atoms with Crippen LogP contribution in [0.2, 0.25) is 0 Å². The molecular formula is C10H17N3O4S. The van der Waals surface area contributed by atoms with Crippen LogP contribution in [0, 0.1) is 0 Å². The summed E-state index contributed by atoms with van der Waals surface area (Å²) in [6.45, 7) is 0.827. The maximum atomic E-state index is 11.5. The Labute approximate surface area is 106 Å². The summed E-state index contributed by atoms with van der Waals surface area (Å²) < 4.78 is 31.7. The smallest absolute Gasteiger partial charge is 0.305 e. The van der Waals surface area contributed by atoms with Gasteiger partial charge in [0.25, 0.3) is 0 Å². The van der Waals surface area contributed by atoms with Gasteiger partial charge in [-0.25, -0.2) is 18.1 Å². The minimum atomic E-state index is -3.33. The second-order valence-corrected chi connectivity index (χ2v) is 5.62. The SMILES string of the molecule is COC(=O)CCCS(=O)(=O)NCCn1ccnc1. The van der Waals surface area contributed by atoms with Crippen LogP contribution < -0.4 is 4.72 Å².